The zero-order chi connectivity index (χ0) is 10.1. The maximum atomic E-state index is 10.3. The molecule has 1 heterocycles. The van der Waals surface area contributed by atoms with Gasteiger partial charge in [0.25, 0.3) is 0 Å². The van der Waals surface area contributed by atoms with E-state index in [2.05, 4.69) is 10.3 Å². The van der Waals surface area contributed by atoms with Crippen molar-refractivity contribution in [3.63, 3.8) is 0 Å². The maximum Gasteiger partial charge on any atom is 0.110 e. The van der Waals surface area contributed by atoms with Gasteiger partial charge in [-0.2, -0.15) is 0 Å². The lowest BCUT2D eigenvalue weighted by atomic mass is 9.85. The van der Waals surface area contributed by atoms with Crippen LogP contribution in [0.5, 0.6) is 0 Å². The molecule has 74 valence electrons. The van der Waals surface area contributed by atoms with E-state index in [0.29, 0.717) is 6.42 Å². The minimum absolute atomic E-state index is 0.162. The van der Waals surface area contributed by atoms with Gasteiger partial charge in [0.2, 0.25) is 0 Å². The first-order valence-corrected chi connectivity index (χ1v) is 4.60. The number of aliphatic hydroxyl groups is 1. The molecule has 0 spiro atoms. The van der Waals surface area contributed by atoms with Gasteiger partial charge in [-0.1, -0.05) is 26.0 Å². The number of rotatable bonds is 3. The van der Waals surface area contributed by atoms with Crippen LogP contribution >= 0.6 is 0 Å². The molecule has 1 unspecified atom stereocenters. The second-order valence-electron chi connectivity index (χ2n) is 3.68. The van der Waals surface area contributed by atoms with Gasteiger partial charge in [0, 0.05) is 7.05 Å². The van der Waals surface area contributed by atoms with Crippen LogP contribution in [-0.4, -0.2) is 20.1 Å². The molecule has 0 aliphatic rings. The Morgan fingerprint density at radius 1 is 1.62 bits per heavy atom. The zero-order valence-electron chi connectivity index (χ0n) is 8.65. The fraction of sp³-hybridized carbons (Fsp3) is 0.778. The highest BCUT2D eigenvalue weighted by molar-refractivity contribution is 5.08. The van der Waals surface area contributed by atoms with Gasteiger partial charge in [0.1, 0.15) is 5.60 Å². The average molecular weight is 183 g/mol. The van der Waals surface area contributed by atoms with Crippen LogP contribution in [0.25, 0.3) is 0 Å². The minimum Gasteiger partial charge on any atom is -0.383 e. The van der Waals surface area contributed by atoms with Crippen molar-refractivity contribution in [1.82, 2.24) is 15.0 Å². The monoisotopic (exact) mass is 183 g/mol. The predicted octanol–water partition coefficient (Wildman–Crippen LogP) is 1.07. The van der Waals surface area contributed by atoms with Crippen molar-refractivity contribution in [3.05, 3.63) is 11.9 Å². The second-order valence-corrected chi connectivity index (χ2v) is 3.68. The summed E-state index contributed by atoms with van der Waals surface area (Å²) >= 11 is 0. The first kappa shape index (κ1) is 10.2. The van der Waals surface area contributed by atoms with E-state index in [1.165, 1.54) is 0 Å². The molecule has 0 radical (unpaired) electrons. The Bertz CT molecular complexity index is 282. The van der Waals surface area contributed by atoms with Gasteiger partial charge in [-0.05, 0) is 12.3 Å². The summed E-state index contributed by atoms with van der Waals surface area (Å²) in [6.07, 6.45) is 2.30. The fourth-order valence-electron chi connectivity index (χ4n) is 1.57. The van der Waals surface area contributed by atoms with Crippen molar-refractivity contribution >= 4 is 0 Å². The van der Waals surface area contributed by atoms with Crippen molar-refractivity contribution in [2.45, 2.75) is 32.8 Å². The van der Waals surface area contributed by atoms with E-state index in [4.69, 9.17) is 0 Å². The van der Waals surface area contributed by atoms with E-state index in [-0.39, 0.29) is 5.92 Å². The summed E-state index contributed by atoms with van der Waals surface area (Å²) in [7, 11) is 1.80. The average Bonchev–Trinajstić information content (AvgIpc) is 2.50. The molecule has 0 bridgehead atoms. The molecule has 0 aliphatic heterocycles. The summed E-state index contributed by atoms with van der Waals surface area (Å²) in [4.78, 5) is 0. The highest BCUT2D eigenvalue weighted by Gasteiger charge is 2.34. The molecule has 1 atom stereocenters. The molecule has 1 aromatic heterocycles. The molecular formula is C9H17N3O. The van der Waals surface area contributed by atoms with E-state index >= 15 is 0 Å². The van der Waals surface area contributed by atoms with Crippen molar-refractivity contribution in [2.24, 2.45) is 13.0 Å². The Morgan fingerprint density at radius 3 is 2.54 bits per heavy atom. The van der Waals surface area contributed by atoms with Crippen molar-refractivity contribution in [2.75, 3.05) is 0 Å². The molecule has 1 aromatic rings. The standard InChI is InChI=1S/C9H17N3O/c1-5-9(13,7(2)3)8-6-10-11-12(8)4/h6-7,13H,5H2,1-4H3. The van der Waals surface area contributed by atoms with Crippen molar-refractivity contribution < 1.29 is 5.11 Å². The number of hydrogen-bond donors (Lipinski definition) is 1. The van der Waals surface area contributed by atoms with E-state index in [9.17, 15) is 5.11 Å². The van der Waals surface area contributed by atoms with Crippen LogP contribution in [0, 0.1) is 5.92 Å². The third-order valence-electron chi connectivity index (χ3n) is 2.65. The van der Waals surface area contributed by atoms with Gasteiger partial charge < -0.3 is 5.11 Å². The van der Waals surface area contributed by atoms with Crippen LogP contribution < -0.4 is 0 Å². The Balaban J connectivity index is 3.10. The Morgan fingerprint density at radius 2 is 2.23 bits per heavy atom. The van der Waals surface area contributed by atoms with Gasteiger partial charge in [-0.3, -0.25) is 0 Å². The van der Waals surface area contributed by atoms with Gasteiger partial charge in [0.05, 0.1) is 11.9 Å². The van der Waals surface area contributed by atoms with E-state index in [1.54, 1.807) is 17.9 Å². The van der Waals surface area contributed by atoms with E-state index in [1.807, 2.05) is 20.8 Å². The molecule has 4 nitrogen and oxygen atoms in total. The molecule has 0 saturated heterocycles. The molecule has 13 heavy (non-hydrogen) atoms. The number of hydrogen-bond acceptors (Lipinski definition) is 3. The van der Waals surface area contributed by atoms with Gasteiger partial charge >= 0.3 is 0 Å². The molecule has 1 N–H and O–H groups in total. The summed E-state index contributed by atoms with van der Waals surface area (Å²) in [5.41, 5.74) is -0.0249. The lowest BCUT2D eigenvalue weighted by Gasteiger charge is -2.30. The van der Waals surface area contributed by atoms with Crippen LogP contribution in [0.2, 0.25) is 0 Å². The van der Waals surface area contributed by atoms with E-state index in [0.717, 1.165) is 5.69 Å². The van der Waals surface area contributed by atoms with Gasteiger partial charge in [0.15, 0.2) is 0 Å². The quantitative estimate of drug-likeness (QED) is 0.762. The van der Waals surface area contributed by atoms with Crippen LogP contribution in [-0.2, 0) is 12.6 Å². The first-order valence-electron chi connectivity index (χ1n) is 4.60. The topological polar surface area (TPSA) is 50.9 Å². The Hall–Kier alpha value is -0.900. The smallest absolute Gasteiger partial charge is 0.110 e. The van der Waals surface area contributed by atoms with Gasteiger partial charge in [-0.25, -0.2) is 4.68 Å². The van der Waals surface area contributed by atoms with Crippen LogP contribution in [0.3, 0.4) is 0 Å². The zero-order valence-corrected chi connectivity index (χ0v) is 8.65. The fourth-order valence-corrected chi connectivity index (χ4v) is 1.57. The summed E-state index contributed by atoms with van der Waals surface area (Å²) in [5, 5.41) is 17.9. The highest BCUT2D eigenvalue weighted by Crippen LogP contribution is 2.31. The van der Waals surface area contributed by atoms with Crippen molar-refractivity contribution in [3.8, 4) is 0 Å². The third kappa shape index (κ3) is 1.58. The summed E-state index contributed by atoms with van der Waals surface area (Å²) in [6, 6.07) is 0. The van der Waals surface area contributed by atoms with Crippen molar-refractivity contribution in [1.29, 1.82) is 0 Å². The number of aryl methyl sites for hydroxylation is 1. The van der Waals surface area contributed by atoms with E-state index < -0.39 is 5.60 Å². The molecule has 0 aliphatic carbocycles. The molecule has 0 aromatic carbocycles. The minimum atomic E-state index is -0.807. The molecule has 1 rings (SSSR count). The van der Waals surface area contributed by atoms with Gasteiger partial charge in [-0.15, -0.1) is 5.10 Å². The molecule has 0 fully saturated rings. The largest absolute Gasteiger partial charge is 0.383 e. The lowest BCUT2D eigenvalue weighted by molar-refractivity contribution is -0.0213. The highest BCUT2D eigenvalue weighted by atomic mass is 16.3. The molecule has 0 amide bonds. The van der Waals surface area contributed by atoms with Crippen LogP contribution in [0.1, 0.15) is 32.9 Å². The summed E-state index contributed by atoms with van der Waals surface area (Å²) < 4.78 is 1.63. The predicted molar refractivity (Wildman–Crippen MR) is 50.0 cm³/mol. The summed E-state index contributed by atoms with van der Waals surface area (Å²) in [5.74, 6) is 0.162. The number of aromatic nitrogens is 3. The SMILES string of the molecule is CCC(O)(c1cnnn1C)C(C)C. The van der Waals surface area contributed by atoms with Crippen LogP contribution in [0.4, 0.5) is 0 Å². The van der Waals surface area contributed by atoms with Crippen LogP contribution in [0.15, 0.2) is 6.20 Å². The second kappa shape index (κ2) is 3.46. The lowest BCUT2D eigenvalue weighted by Crippen LogP contribution is -2.33. The molecule has 4 heteroatoms. The maximum absolute atomic E-state index is 10.3. The molecule has 0 saturated carbocycles. The Labute approximate surface area is 78.6 Å². The molecular weight excluding hydrogens is 166 g/mol. The number of nitrogens with zero attached hydrogens (tertiary/aromatic N) is 3. The summed E-state index contributed by atoms with van der Waals surface area (Å²) in [6.45, 7) is 5.96. The Kier molecular flexibility index (Phi) is 2.71. The normalized spacial score (nSPS) is 16.2. The first-order chi connectivity index (χ1) is 6.02. The third-order valence-corrected chi connectivity index (χ3v) is 2.65.